The first-order valence-corrected chi connectivity index (χ1v) is 20.4. The summed E-state index contributed by atoms with van der Waals surface area (Å²) in [6, 6.07) is 7.79. The SMILES string of the molecule is [C-]#[N+]c1c(C)c(N=Nc2cc(C(=O)O)ccc2C(=O)O)c(=O)n(C(CCCCC)Nc2nc(Cl)nc(NCCCn3c(O)c(C#N)c(C)c(N=Nc4cc(C(=O)O)ccc4C(=O)O)c3=O)n2)c1O. The van der Waals surface area contributed by atoms with Gasteiger partial charge in [-0.3, -0.25) is 18.7 Å². The number of halogens is 1. The summed E-state index contributed by atoms with van der Waals surface area (Å²) in [6.45, 7) is 12.1. The highest BCUT2D eigenvalue weighted by Gasteiger charge is 2.26. The highest BCUT2D eigenvalue weighted by molar-refractivity contribution is 6.28. The van der Waals surface area contributed by atoms with E-state index >= 15 is 0 Å². The Morgan fingerprint density at radius 3 is 1.87 bits per heavy atom. The van der Waals surface area contributed by atoms with Crippen LogP contribution in [0.4, 0.5) is 40.3 Å². The summed E-state index contributed by atoms with van der Waals surface area (Å²) in [4.78, 5) is 90.4. The molecule has 0 aliphatic carbocycles. The number of anilines is 2. The molecule has 5 aromatic rings. The lowest BCUT2D eigenvalue weighted by Crippen LogP contribution is -2.30. The predicted molar refractivity (Wildman–Crippen MR) is 239 cm³/mol. The molecule has 5 rings (SSSR count). The number of carboxylic acid groups (broad SMARTS) is 4. The molecular formula is C42H38ClN13O12. The largest absolute Gasteiger partial charge is 0.503 e. The Bertz CT molecular complexity index is 3140. The number of hydrogen-bond acceptors (Lipinski definition) is 18. The standard InChI is InChI=1S/C42H38ClN13O12/c1-5-6-7-9-28(56-34(59)29(45-4)20(3)31(35(56)60)54-52-27-17-22(37(63)64)11-13-24(27)39(67)68)47-42-49-40(43)48-41(50-42)46-14-8-15-55-32(57)25(18-44)19(2)30(33(55)58)53-51-26-16-21(36(61)62)10-12-23(26)38(65)66/h10-13,16-17,28,57,59H,5-9,14-15H2,1-3H3,(H,61,62)(H,63,64)(H,65,66)(H,67,68)(H2,46,47,48,49,50). The van der Waals surface area contributed by atoms with E-state index in [-0.39, 0.29) is 70.9 Å². The number of rotatable bonds is 20. The molecule has 26 heteroatoms. The monoisotopic (exact) mass is 951 g/mol. The van der Waals surface area contributed by atoms with Gasteiger partial charge in [-0.2, -0.15) is 20.2 Å². The van der Waals surface area contributed by atoms with Gasteiger partial charge < -0.3 is 41.3 Å². The second kappa shape index (κ2) is 21.7. The van der Waals surface area contributed by atoms with Crippen molar-refractivity contribution in [3.05, 3.63) is 113 Å². The highest BCUT2D eigenvalue weighted by Crippen LogP contribution is 2.38. The molecule has 3 heterocycles. The van der Waals surface area contributed by atoms with Crippen LogP contribution < -0.4 is 21.8 Å². The quantitative estimate of drug-likeness (QED) is 0.0211. The van der Waals surface area contributed by atoms with Crippen molar-refractivity contribution in [2.45, 2.75) is 65.6 Å². The number of carboxylic acids is 4. The number of aromatic carboxylic acids is 4. The van der Waals surface area contributed by atoms with Crippen molar-refractivity contribution >= 4 is 75.8 Å². The van der Waals surface area contributed by atoms with Crippen molar-refractivity contribution < 1.29 is 49.8 Å². The van der Waals surface area contributed by atoms with Crippen LogP contribution in [0.2, 0.25) is 5.28 Å². The molecule has 0 fully saturated rings. The zero-order chi connectivity index (χ0) is 50.0. The first-order chi connectivity index (χ1) is 32.3. The van der Waals surface area contributed by atoms with Crippen LogP contribution in [0.25, 0.3) is 4.85 Å². The number of nitrogens with zero attached hydrogens (tertiary/aromatic N) is 11. The average molecular weight is 952 g/mol. The Kier molecular flexibility index (Phi) is 15.9. The Morgan fingerprint density at radius 2 is 1.35 bits per heavy atom. The molecule has 0 saturated carbocycles. The van der Waals surface area contributed by atoms with Crippen LogP contribution in [0.15, 0.2) is 66.4 Å². The van der Waals surface area contributed by atoms with Crippen molar-refractivity contribution in [2.75, 3.05) is 17.2 Å². The molecule has 0 bridgehead atoms. The van der Waals surface area contributed by atoms with Crippen molar-refractivity contribution in [1.29, 1.82) is 5.26 Å². The van der Waals surface area contributed by atoms with Crippen molar-refractivity contribution in [2.24, 2.45) is 20.5 Å². The topological polar surface area (TPSA) is 374 Å². The number of azo groups is 2. The third kappa shape index (κ3) is 11.0. The maximum Gasteiger partial charge on any atom is 0.337 e. The fourth-order valence-electron chi connectivity index (χ4n) is 6.57. The molecule has 0 radical (unpaired) electrons. The minimum atomic E-state index is -1.46. The summed E-state index contributed by atoms with van der Waals surface area (Å²) in [5.41, 5.74) is -6.02. The van der Waals surface area contributed by atoms with Crippen LogP contribution in [0, 0.1) is 31.8 Å². The summed E-state index contributed by atoms with van der Waals surface area (Å²) in [7, 11) is 0. The predicted octanol–water partition coefficient (Wildman–Crippen LogP) is 7.62. The van der Waals surface area contributed by atoms with E-state index in [0.29, 0.717) is 12.8 Å². The molecule has 0 aliphatic rings. The molecule has 25 nitrogen and oxygen atoms in total. The molecule has 8 N–H and O–H groups in total. The summed E-state index contributed by atoms with van der Waals surface area (Å²) in [5, 5.41) is 91.2. The van der Waals surface area contributed by atoms with E-state index in [1.54, 1.807) is 6.07 Å². The van der Waals surface area contributed by atoms with Gasteiger partial charge in [0, 0.05) is 18.7 Å². The minimum Gasteiger partial charge on any atom is -0.503 e. The van der Waals surface area contributed by atoms with Gasteiger partial charge in [0.05, 0.1) is 28.8 Å². The zero-order valence-electron chi connectivity index (χ0n) is 35.9. The molecule has 3 aromatic heterocycles. The summed E-state index contributed by atoms with van der Waals surface area (Å²) in [5.74, 6) is -7.48. The van der Waals surface area contributed by atoms with Gasteiger partial charge in [0.2, 0.25) is 28.7 Å². The molecule has 0 amide bonds. The Hall–Kier alpha value is -9.10. The molecule has 68 heavy (non-hydrogen) atoms. The third-order valence-corrected chi connectivity index (χ3v) is 10.2. The lowest BCUT2D eigenvalue weighted by Gasteiger charge is -2.24. The van der Waals surface area contributed by atoms with Gasteiger partial charge in [-0.05, 0) is 86.7 Å². The maximum absolute atomic E-state index is 14.2. The first kappa shape index (κ1) is 49.9. The molecule has 350 valence electrons. The number of aromatic hydroxyl groups is 2. The van der Waals surface area contributed by atoms with Gasteiger partial charge in [-0.15, -0.1) is 20.5 Å². The third-order valence-electron chi connectivity index (χ3n) is 10.1. The van der Waals surface area contributed by atoms with Gasteiger partial charge >= 0.3 is 23.9 Å². The van der Waals surface area contributed by atoms with Crippen LogP contribution in [-0.4, -0.2) is 85.1 Å². The normalized spacial score (nSPS) is 11.6. The smallest absolute Gasteiger partial charge is 0.337 e. The maximum atomic E-state index is 14.2. The number of carbonyl (C=O) groups is 4. The second-order valence-corrected chi connectivity index (χ2v) is 14.8. The number of aromatic nitrogens is 5. The fraction of sp³-hybridized carbons (Fsp3) is 0.262. The van der Waals surface area contributed by atoms with Gasteiger partial charge in [-0.25, -0.2) is 24.0 Å². The van der Waals surface area contributed by atoms with Crippen LogP contribution in [0.5, 0.6) is 11.8 Å². The van der Waals surface area contributed by atoms with Crippen LogP contribution in [0.3, 0.4) is 0 Å². The van der Waals surface area contributed by atoms with E-state index < -0.39 is 92.5 Å². The molecule has 1 atom stereocenters. The summed E-state index contributed by atoms with van der Waals surface area (Å²) < 4.78 is 1.66. The molecule has 0 spiro atoms. The van der Waals surface area contributed by atoms with E-state index in [0.717, 1.165) is 52.0 Å². The van der Waals surface area contributed by atoms with E-state index in [4.69, 9.17) is 18.2 Å². The van der Waals surface area contributed by atoms with Gasteiger partial charge in [0.1, 0.15) is 34.9 Å². The van der Waals surface area contributed by atoms with Crippen LogP contribution in [-0.2, 0) is 6.54 Å². The second-order valence-electron chi connectivity index (χ2n) is 14.4. The molecule has 0 aliphatic heterocycles. The van der Waals surface area contributed by atoms with E-state index in [1.807, 2.05) is 6.92 Å². The fourth-order valence-corrected chi connectivity index (χ4v) is 6.73. The summed E-state index contributed by atoms with van der Waals surface area (Å²) in [6.07, 6.45) is 0.865. The number of pyridine rings is 2. The Labute approximate surface area is 387 Å². The van der Waals surface area contributed by atoms with Crippen molar-refractivity contribution in [3.63, 3.8) is 0 Å². The minimum absolute atomic E-state index is 0.0118. The lowest BCUT2D eigenvalue weighted by atomic mass is 10.1. The highest BCUT2D eigenvalue weighted by atomic mass is 35.5. The number of nitriles is 1. The van der Waals surface area contributed by atoms with Crippen molar-refractivity contribution in [3.8, 4) is 17.8 Å². The summed E-state index contributed by atoms with van der Waals surface area (Å²) >= 11 is 6.27. The van der Waals surface area contributed by atoms with Crippen LogP contribution >= 0.6 is 11.6 Å². The van der Waals surface area contributed by atoms with Gasteiger partial charge in [-0.1, -0.05) is 19.8 Å². The average Bonchev–Trinajstić information content (AvgIpc) is 3.28. The molecule has 1 unspecified atom stereocenters. The van der Waals surface area contributed by atoms with Gasteiger partial charge in [0.15, 0.2) is 11.6 Å². The molecular weight excluding hydrogens is 914 g/mol. The van der Waals surface area contributed by atoms with E-state index in [2.05, 4.69) is 50.9 Å². The molecule has 2 aromatic carbocycles. The van der Waals surface area contributed by atoms with E-state index in [1.165, 1.54) is 13.8 Å². The van der Waals surface area contributed by atoms with E-state index in [9.17, 15) is 64.7 Å². The van der Waals surface area contributed by atoms with Gasteiger partial charge in [0.25, 0.3) is 11.1 Å². The Morgan fingerprint density at radius 1 is 0.794 bits per heavy atom. The lowest BCUT2D eigenvalue weighted by molar-refractivity contribution is 0.0682. The Balaban J connectivity index is 1.44. The first-order valence-electron chi connectivity index (χ1n) is 20.0. The molecule has 0 saturated heterocycles. The number of benzene rings is 2. The number of unbranched alkanes of at least 4 members (excludes halogenated alkanes) is 2. The number of hydrogen-bond donors (Lipinski definition) is 8. The van der Waals surface area contributed by atoms with Crippen LogP contribution in [0.1, 0.15) is 103 Å². The zero-order valence-corrected chi connectivity index (χ0v) is 36.7. The number of nitrogens with one attached hydrogen (secondary N) is 2. The van der Waals surface area contributed by atoms with Crippen molar-refractivity contribution in [1.82, 2.24) is 24.1 Å².